The molecule has 8 heteroatoms. The normalized spacial score (nSPS) is 20.5. The molecule has 2 fully saturated rings. The van der Waals surface area contributed by atoms with Crippen LogP contribution in [0.25, 0.3) is 0 Å². The van der Waals surface area contributed by atoms with Crippen molar-refractivity contribution in [1.82, 2.24) is 14.9 Å². The van der Waals surface area contributed by atoms with Gasteiger partial charge in [-0.2, -0.15) is 0 Å². The number of ether oxygens (including phenoxy) is 1. The molecule has 1 aromatic heterocycles. The molecule has 0 unspecified atom stereocenters. The Bertz CT molecular complexity index is 655. The van der Waals surface area contributed by atoms with Gasteiger partial charge in [0, 0.05) is 0 Å². The van der Waals surface area contributed by atoms with E-state index in [1.807, 2.05) is 25.7 Å². The van der Waals surface area contributed by atoms with Crippen LogP contribution in [0.15, 0.2) is 12.4 Å². The summed E-state index contributed by atoms with van der Waals surface area (Å²) in [5, 5.41) is 0. The quantitative estimate of drug-likeness (QED) is 0.779. The number of hydrogen-bond acceptors (Lipinski definition) is 6. The van der Waals surface area contributed by atoms with Crippen molar-refractivity contribution in [2.45, 2.75) is 57.7 Å². The summed E-state index contributed by atoms with van der Waals surface area (Å²) >= 11 is 1.48. The molecule has 7 nitrogen and oxygen atoms in total. The van der Waals surface area contributed by atoms with Gasteiger partial charge >= 0.3 is 136 Å². The van der Waals surface area contributed by atoms with Gasteiger partial charge in [-0.25, -0.2) is 0 Å². The van der Waals surface area contributed by atoms with Crippen molar-refractivity contribution in [2.24, 2.45) is 0 Å². The zero-order valence-electron chi connectivity index (χ0n) is 15.4. The zero-order chi connectivity index (χ0) is 18.2. The van der Waals surface area contributed by atoms with Crippen molar-refractivity contribution in [1.29, 1.82) is 0 Å². The molecule has 1 saturated heterocycles. The average molecular weight is 338 g/mol. The predicted octanol–water partition coefficient (Wildman–Crippen LogP) is 1.76. The number of rotatable bonds is 4. The van der Waals surface area contributed by atoms with E-state index in [1.54, 1.807) is 6.20 Å². The van der Waals surface area contributed by atoms with Gasteiger partial charge in [0.25, 0.3) is 0 Å². The fourth-order valence-electron chi connectivity index (χ4n) is 3.11. The van der Waals surface area contributed by atoms with E-state index in [-0.39, 0.29) is 16.6 Å². The van der Waals surface area contributed by atoms with Gasteiger partial charge in [0.2, 0.25) is 0 Å². The van der Waals surface area contributed by atoms with E-state index >= 15 is 0 Å². The Hall–Kier alpha value is -1.58. The second kappa shape index (κ2) is 6.97. The summed E-state index contributed by atoms with van der Waals surface area (Å²) in [5.41, 5.74) is -0.121. The summed E-state index contributed by atoms with van der Waals surface area (Å²) in [6, 6.07) is 0.419. The van der Waals surface area contributed by atoms with E-state index in [2.05, 4.69) is 14.9 Å². The Kier molecular flexibility index (Phi) is 5.08. The van der Waals surface area contributed by atoms with E-state index in [1.165, 1.54) is 23.9 Å². The number of carbonyl (C=O) groups excluding carboxylic acids is 2. The molecule has 1 saturated carbocycles. The Morgan fingerprint density at radius 1 is 1.20 bits per heavy atom. The predicted molar refractivity (Wildman–Crippen MR) is 93.8 cm³/mol. The van der Waals surface area contributed by atoms with Crippen LogP contribution in [-0.2, 0) is 4.74 Å². The molecule has 1 amide bonds. The molecule has 1 atom stereocenters. The fraction of sp³-hybridized carbons (Fsp3) is 0.647. The van der Waals surface area contributed by atoms with Crippen molar-refractivity contribution in [3.63, 3.8) is 0 Å². The summed E-state index contributed by atoms with van der Waals surface area (Å²) in [4.78, 5) is 36.5. The molecule has 2 heterocycles. The van der Waals surface area contributed by atoms with Crippen LogP contribution in [0.5, 0.6) is 0 Å². The fourth-order valence-corrected chi connectivity index (χ4v) is 3.11. The summed E-state index contributed by atoms with van der Waals surface area (Å²) in [5.74, 6) is 0.743. The molecule has 2 aliphatic rings. The van der Waals surface area contributed by atoms with Gasteiger partial charge in [-0.3, -0.25) is 0 Å². The van der Waals surface area contributed by atoms with Gasteiger partial charge in [0.1, 0.15) is 0 Å². The maximum absolute atomic E-state index is 12.6. The van der Waals surface area contributed by atoms with Gasteiger partial charge in [-0.15, -0.1) is 0 Å². The van der Waals surface area contributed by atoms with Gasteiger partial charge in [-0.05, 0) is 20.8 Å². The second-order valence-corrected chi connectivity index (χ2v) is 7.82. The Labute approximate surface area is 157 Å². The standard InChI is InChI=1S/C17H23N4O3.Li/c1-17(2,3)24-16(23)21(13-4-5-13)14-6-7-20(10-14)15-9-18-12(11-22)8-19-15;/h8-9,13-14H,4-7,10H2,1-3H3;/t14-;/m1./s1. The van der Waals surface area contributed by atoms with Crippen LogP contribution in [0.3, 0.4) is 0 Å². The minimum atomic E-state index is -0.490. The second-order valence-electron chi connectivity index (χ2n) is 7.82. The molecule has 130 valence electrons. The third-order valence-electron chi connectivity index (χ3n) is 4.42. The molecule has 0 N–H and O–H groups in total. The third-order valence-corrected chi connectivity index (χ3v) is 4.42. The monoisotopic (exact) mass is 338 g/mol. The van der Waals surface area contributed by atoms with E-state index in [0.717, 1.165) is 31.6 Å². The van der Waals surface area contributed by atoms with Gasteiger partial charge in [-0.1, -0.05) is 0 Å². The third kappa shape index (κ3) is 4.53. The first-order chi connectivity index (χ1) is 11.7. The molecular weight excluding hydrogens is 315 g/mol. The van der Waals surface area contributed by atoms with E-state index < -0.39 is 5.60 Å². The topological polar surface area (TPSA) is 75.6 Å². The molecule has 1 aliphatic heterocycles. The number of anilines is 1. The van der Waals surface area contributed by atoms with Crippen LogP contribution in [0.2, 0.25) is 0 Å². The van der Waals surface area contributed by atoms with E-state index in [0.29, 0.717) is 18.3 Å². The first-order valence-electron chi connectivity index (χ1n) is 8.84. The summed E-state index contributed by atoms with van der Waals surface area (Å²) < 4.78 is 5.51. The Morgan fingerprint density at radius 2 is 1.92 bits per heavy atom. The molecule has 0 spiro atoms. The number of amides is 1. The van der Waals surface area contributed by atoms with E-state index in [4.69, 9.17) is 4.74 Å². The first kappa shape index (κ1) is 18.2. The van der Waals surface area contributed by atoms with Crippen molar-refractivity contribution >= 4 is 34.1 Å². The molecule has 1 aromatic rings. The van der Waals surface area contributed by atoms with Gasteiger partial charge in [0.15, 0.2) is 0 Å². The molecule has 0 radical (unpaired) electrons. The van der Waals surface area contributed by atoms with Crippen LogP contribution < -0.4 is 4.90 Å². The van der Waals surface area contributed by atoms with Crippen molar-refractivity contribution in [3.8, 4) is 0 Å². The Balaban J connectivity index is 1.67. The minimum absolute atomic E-state index is 0.0943. The van der Waals surface area contributed by atoms with Crippen LogP contribution in [0.4, 0.5) is 10.6 Å². The zero-order valence-corrected chi connectivity index (χ0v) is 15.4. The van der Waals surface area contributed by atoms with Crippen molar-refractivity contribution < 1.29 is 14.3 Å². The average Bonchev–Trinajstić information content (AvgIpc) is 3.22. The van der Waals surface area contributed by atoms with Crippen molar-refractivity contribution in [3.05, 3.63) is 18.1 Å². The number of hydrogen-bond donors (Lipinski definition) is 0. The number of aromatic nitrogens is 2. The summed E-state index contributed by atoms with van der Waals surface area (Å²) in [6.07, 6.45) is 5.89. The number of carbonyl (C=O) groups is 2. The van der Waals surface area contributed by atoms with Crippen LogP contribution in [-0.4, -0.2) is 73.9 Å². The molecule has 0 bridgehead atoms. The van der Waals surface area contributed by atoms with Gasteiger partial charge in [0.05, 0.1) is 0 Å². The number of nitrogens with zero attached hydrogens (tertiary/aromatic N) is 4. The van der Waals surface area contributed by atoms with Gasteiger partial charge < -0.3 is 0 Å². The summed E-state index contributed by atoms with van der Waals surface area (Å²) in [6.45, 7) is 7.20. The Morgan fingerprint density at radius 3 is 2.44 bits per heavy atom. The van der Waals surface area contributed by atoms with Crippen molar-refractivity contribution in [2.75, 3.05) is 18.0 Å². The first-order valence-corrected chi connectivity index (χ1v) is 8.84. The molecule has 3 rings (SSSR count). The van der Waals surface area contributed by atoms with Crippen LogP contribution >= 0.6 is 0 Å². The molecule has 1 aliphatic carbocycles. The maximum atomic E-state index is 12.6. The van der Waals surface area contributed by atoms with Crippen LogP contribution in [0, 0.1) is 0 Å². The molecule has 0 aromatic carbocycles. The van der Waals surface area contributed by atoms with E-state index in [9.17, 15) is 9.59 Å². The summed E-state index contributed by atoms with van der Waals surface area (Å²) in [7, 11) is 0. The van der Waals surface area contributed by atoms with Crippen LogP contribution in [0.1, 0.15) is 50.5 Å². The molecular formula is C17H23LiN4O3. The molecule has 25 heavy (non-hydrogen) atoms. The SMILES string of the molecule is [Li][C](=O)c1cnc(N2CC[C@@H](N(C(=O)OC(C)(C)C)C3CC3)C2)cn1.